The molecule has 0 aliphatic heterocycles. The van der Waals surface area contributed by atoms with Crippen molar-refractivity contribution in [2.45, 2.75) is 18.4 Å². The van der Waals surface area contributed by atoms with Crippen molar-refractivity contribution in [1.82, 2.24) is 0 Å². The van der Waals surface area contributed by atoms with Gasteiger partial charge < -0.3 is 25.4 Å². The second kappa shape index (κ2) is 8.35. The van der Waals surface area contributed by atoms with Gasteiger partial charge in [0.1, 0.15) is 5.54 Å². The Morgan fingerprint density at radius 3 is 2.38 bits per heavy atom. The number of phenolic OH excluding ortho intramolecular Hbond substituents is 2. The second-order valence-corrected chi connectivity index (χ2v) is 5.90. The van der Waals surface area contributed by atoms with Gasteiger partial charge >= 0.3 is 11.9 Å². The van der Waals surface area contributed by atoms with E-state index in [0.29, 0.717) is 11.1 Å². The quantitative estimate of drug-likeness (QED) is 0.509. The number of aromatic hydroxyl groups is 2. The van der Waals surface area contributed by atoms with Gasteiger partial charge in [0, 0.05) is 12.8 Å². The molecule has 7 heteroatoms. The average Bonchev–Trinajstić information content (AvgIpc) is 2.64. The van der Waals surface area contributed by atoms with Gasteiger partial charge in [0.05, 0.1) is 19.3 Å². The molecule has 0 bridgehead atoms. The first-order chi connectivity index (χ1) is 12.4. The van der Waals surface area contributed by atoms with Crippen molar-refractivity contribution in [3.8, 4) is 11.5 Å². The van der Waals surface area contributed by atoms with Crippen molar-refractivity contribution < 1.29 is 29.3 Å². The third-order valence-electron chi connectivity index (χ3n) is 3.94. The van der Waals surface area contributed by atoms with Gasteiger partial charge in [-0.2, -0.15) is 0 Å². The van der Waals surface area contributed by atoms with Crippen LogP contribution in [-0.4, -0.2) is 41.4 Å². The number of nitrogens with two attached hydrogens (primary N) is 1. The molecule has 0 unspecified atom stereocenters. The van der Waals surface area contributed by atoms with Crippen LogP contribution in [0.4, 0.5) is 0 Å². The topological polar surface area (TPSA) is 119 Å². The molecule has 2 aromatic rings. The number of phenols is 2. The number of carbonyl (C=O) groups excluding carboxylic acids is 2. The standard InChI is InChI=1S/C19H21NO6/c1-25-18(24)19(20,12-13-7-8-15(21)16(22)11-13)9-10-26-17(23)14-5-3-2-4-6-14/h2-8,11,21-22H,9-10,12,20H2,1H3/t19-/m1/s1. The Kier molecular flexibility index (Phi) is 6.19. The van der Waals surface area contributed by atoms with E-state index in [1.54, 1.807) is 30.3 Å². The lowest BCUT2D eigenvalue weighted by Crippen LogP contribution is -2.51. The molecule has 26 heavy (non-hydrogen) atoms. The predicted octanol–water partition coefficient (Wildman–Crippen LogP) is 1.76. The summed E-state index contributed by atoms with van der Waals surface area (Å²) in [4.78, 5) is 24.1. The largest absolute Gasteiger partial charge is 0.504 e. The van der Waals surface area contributed by atoms with Gasteiger partial charge in [-0.25, -0.2) is 4.79 Å². The van der Waals surface area contributed by atoms with E-state index in [2.05, 4.69) is 0 Å². The second-order valence-electron chi connectivity index (χ2n) is 5.90. The summed E-state index contributed by atoms with van der Waals surface area (Å²) in [5.74, 6) is -1.77. The Labute approximate surface area is 151 Å². The third-order valence-corrected chi connectivity index (χ3v) is 3.94. The highest BCUT2D eigenvalue weighted by atomic mass is 16.5. The number of benzene rings is 2. The fraction of sp³-hybridized carbons (Fsp3) is 0.263. The van der Waals surface area contributed by atoms with Crippen LogP contribution in [0.15, 0.2) is 48.5 Å². The highest BCUT2D eigenvalue weighted by Crippen LogP contribution is 2.27. The summed E-state index contributed by atoms with van der Waals surface area (Å²) < 4.78 is 9.95. The molecule has 138 valence electrons. The van der Waals surface area contributed by atoms with Crippen molar-refractivity contribution in [1.29, 1.82) is 0 Å². The Bertz CT molecular complexity index is 777. The molecule has 4 N–H and O–H groups in total. The summed E-state index contributed by atoms with van der Waals surface area (Å²) in [6, 6.07) is 12.6. The van der Waals surface area contributed by atoms with Crippen LogP contribution in [0.2, 0.25) is 0 Å². The summed E-state index contributed by atoms with van der Waals surface area (Å²) in [5.41, 5.74) is 5.67. The van der Waals surface area contributed by atoms with Gasteiger partial charge in [-0.15, -0.1) is 0 Å². The molecule has 0 aliphatic rings. The minimum atomic E-state index is -1.45. The minimum absolute atomic E-state index is 0.0277. The van der Waals surface area contributed by atoms with Gasteiger partial charge in [0.2, 0.25) is 0 Å². The SMILES string of the molecule is COC(=O)[C@@](N)(CCOC(=O)c1ccccc1)Cc1ccc(O)c(O)c1. The van der Waals surface area contributed by atoms with E-state index in [4.69, 9.17) is 15.2 Å². The maximum absolute atomic E-state index is 12.1. The van der Waals surface area contributed by atoms with Gasteiger partial charge in [0.25, 0.3) is 0 Å². The van der Waals surface area contributed by atoms with E-state index in [0.717, 1.165) is 0 Å². The molecule has 2 rings (SSSR count). The summed E-state index contributed by atoms with van der Waals surface area (Å²) in [6.07, 6.45) is 0.0658. The molecule has 0 fully saturated rings. The Morgan fingerprint density at radius 2 is 1.77 bits per heavy atom. The zero-order chi connectivity index (χ0) is 19.2. The molecule has 2 aromatic carbocycles. The van der Waals surface area contributed by atoms with Gasteiger partial charge in [-0.3, -0.25) is 4.79 Å². The van der Waals surface area contributed by atoms with Crippen LogP contribution in [-0.2, 0) is 20.7 Å². The number of hydrogen-bond donors (Lipinski definition) is 3. The Balaban J connectivity index is 2.05. The highest BCUT2D eigenvalue weighted by molar-refractivity contribution is 5.89. The summed E-state index contributed by atoms with van der Waals surface area (Å²) in [5, 5.41) is 19.0. The number of hydrogen-bond acceptors (Lipinski definition) is 7. The van der Waals surface area contributed by atoms with Crippen LogP contribution in [0.1, 0.15) is 22.3 Å². The zero-order valence-corrected chi connectivity index (χ0v) is 14.3. The number of methoxy groups -OCH3 is 1. The molecule has 1 atom stereocenters. The van der Waals surface area contributed by atoms with Gasteiger partial charge in [0.15, 0.2) is 11.5 Å². The number of ether oxygens (including phenoxy) is 2. The van der Waals surface area contributed by atoms with E-state index >= 15 is 0 Å². The molecule has 0 radical (unpaired) electrons. The lowest BCUT2D eigenvalue weighted by molar-refractivity contribution is -0.147. The van der Waals surface area contributed by atoms with Crippen LogP contribution < -0.4 is 5.73 Å². The van der Waals surface area contributed by atoms with Gasteiger partial charge in [-0.1, -0.05) is 24.3 Å². The fourth-order valence-electron chi connectivity index (χ4n) is 2.49. The van der Waals surface area contributed by atoms with Crippen molar-refractivity contribution in [2.24, 2.45) is 5.73 Å². The fourth-order valence-corrected chi connectivity index (χ4v) is 2.49. The lowest BCUT2D eigenvalue weighted by atomic mass is 9.88. The summed E-state index contributed by atoms with van der Waals surface area (Å²) >= 11 is 0. The maximum Gasteiger partial charge on any atom is 0.338 e. The van der Waals surface area contributed by atoms with Crippen molar-refractivity contribution >= 4 is 11.9 Å². The molecule has 0 aliphatic carbocycles. The summed E-state index contributed by atoms with van der Waals surface area (Å²) in [7, 11) is 1.22. The third kappa shape index (κ3) is 4.73. The summed E-state index contributed by atoms with van der Waals surface area (Å²) in [6.45, 7) is -0.0800. The first-order valence-electron chi connectivity index (χ1n) is 7.96. The number of esters is 2. The van der Waals surface area contributed by atoms with Crippen LogP contribution in [0, 0.1) is 0 Å². The van der Waals surface area contributed by atoms with Crippen molar-refractivity contribution in [3.63, 3.8) is 0 Å². The highest BCUT2D eigenvalue weighted by Gasteiger charge is 2.36. The maximum atomic E-state index is 12.1. The molecule has 0 heterocycles. The first kappa shape index (κ1) is 19.3. The smallest absolute Gasteiger partial charge is 0.338 e. The normalized spacial score (nSPS) is 12.8. The molecule has 0 saturated carbocycles. The number of rotatable bonds is 7. The molecule has 7 nitrogen and oxygen atoms in total. The molecular formula is C19H21NO6. The van der Waals surface area contributed by atoms with E-state index in [9.17, 15) is 19.8 Å². The Morgan fingerprint density at radius 1 is 1.08 bits per heavy atom. The van der Waals surface area contributed by atoms with Crippen LogP contribution >= 0.6 is 0 Å². The molecule has 0 saturated heterocycles. The van der Waals surface area contributed by atoms with Crippen LogP contribution in [0.25, 0.3) is 0 Å². The zero-order valence-electron chi connectivity index (χ0n) is 14.3. The lowest BCUT2D eigenvalue weighted by Gasteiger charge is -2.26. The predicted molar refractivity (Wildman–Crippen MR) is 93.8 cm³/mol. The van der Waals surface area contributed by atoms with E-state index in [1.165, 1.54) is 25.3 Å². The molecular weight excluding hydrogens is 338 g/mol. The minimum Gasteiger partial charge on any atom is -0.504 e. The van der Waals surface area contributed by atoms with Gasteiger partial charge in [-0.05, 0) is 29.8 Å². The van der Waals surface area contributed by atoms with Crippen molar-refractivity contribution in [2.75, 3.05) is 13.7 Å². The van der Waals surface area contributed by atoms with Crippen molar-refractivity contribution in [3.05, 3.63) is 59.7 Å². The average molecular weight is 359 g/mol. The van der Waals surface area contributed by atoms with Crippen LogP contribution in [0.5, 0.6) is 11.5 Å². The number of carbonyl (C=O) groups is 2. The monoisotopic (exact) mass is 359 g/mol. The van der Waals surface area contributed by atoms with E-state index < -0.39 is 17.5 Å². The molecule has 0 aromatic heterocycles. The van der Waals surface area contributed by atoms with E-state index in [1.807, 2.05) is 0 Å². The van der Waals surface area contributed by atoms with Crippen LogP contribution in [0.3, 0.4) is 0 Å². The Hall–Kier alpha value is -3.06. The first-order valence-corrected chi connectivity index (χ1v) is 7.96. The van der Waals surface area contributed by atoms with E-state index in [-0.39, 0.29) is 30.9 Å². The molecule has 0 amide bonds. The molecule has 0 spiro atoms.